The van der Waals surface area contributed by atoms with Crippen molar-refractivity contribution in [3.8, 4) is 22.1 Å². The number of anilines is 2. The van der Waals surface area contributed by atoms with E-state index in [1.165, 1.54) is 54.8 Å². The molecule has 1 aliphatic rings. The molecule has 1 aliphatic carbocycles. The number of rotatable bonds is 12. The molecule has 11 nitrogen and oxygen atoms in total. The average molecular weight is 730 g/mol. The second kappa shape index (κ2) is 14.6. The molecule has 0 saturated heterocycles. The topological polar surface area (TPSA) is 155 Å². The molecule has 3 aromatic heterocycles. The second-order valence-corrected chi connectivity index (χ2v) is 14.7. The van der Waals surface area contributed by atoms with E-state index in [2.05, 4.69) is 15.6 Å². The molecule has 0 aliphatic heterocycles. The Kier molecular flexibility index (Phi) is 10.2. The van der Waals surface area contributed by atoms with E-state index < -0.39 is 41.1 Å². The van der Waals surface area contributed by atoms with Gasteiger partial charge in [0.1, 0.15) is 23.1 Å². The maximum Gasteiger partial charge on any atom is 0.404 e. The first kappa shape index (κ1) is 36.3. The zero-order valence-corrected chi connectivity index (χ0v) is 29.7. The number of benzene rings is 2. The number of amides is 3. The highest BCUT2D eigenvalue weighted by atomic mass is 32.1. The number of hydrogen-bond acceptors (Lipinski definition) is 9. The Balaban J connectivity index is 1.19. The summed E-state index contributed by atoms with van der Waals surface area (Å²) in [5.74, 6) is -2.33. The Morgan fingerprint density at radius 2 is 1.63 bits per heavy atom. The predicted octanol–water partition coefficient (Wildman–Crippen LogP) is 8.03. The molecule has 2 unspecified atom stereocenters. The highest BCUT2D eigenvalue weighted by molar-refractivity contribution is 7.22. The number of pyridine rings is 2. The normalized spacial score (nSPS) is 14.7. The molecule has 1 fully saturated rings. The average Bonchev–Trinajstić information content (AvgIpc) is 3.79. The van der Waals surface area contributed by atoms with Crippen molar-refractivity contribution < 1.29 is 37.4 Å². The molecule has 6 rings (SSSR count). The van der Waals surface area contributed by atoms with Gasteiger partial charge in [0.25, 0.3) is 0 Å². The number of nitrogens with two attached hydrogens (primary N) is 1. The third-order valence-electron chi connectivity index (χ3n) is 8.75. The van der Waals surface area contributed by atoms with Crippen LogP contribution in [0.5, 0.6) is 11.5 Å². The zero-order valence-electron chi connectivity index (χ0n) is 28.9. The molecule has 0 bridgehead atoms. The van der Waals surface area contributed by atoms with Gasteiger partial charge in [-0.3, -0.25) is 19.6 Å². The third-order valence-corrected chi connectivity index (χ3v) is 9.91. The lowest BCUT2D eigenvalue weighted by Crippen LogP contribution is -2.38. The highest BCUT2D eigenvalue weighted by Gasteiger charge is 2.56. The molecule has 4 N–H and O–H groups in total. The van der Waals surface area contributed by atoms with Gasteiger partial charge >= 0.3 is 6.09 Å². The minimum Gasteiger partial charge on any atom is -0.453 e. The van der Waals surface area contributed by atoms with Crippen molar-refractivity contribution >= 4 is 50.8 Å². The van der Waals surface area contributed by atoms with E-state index in [0.29, 0.717) is 45.9 Å². The number of thiophene rings is 1. The van der Waals surface area contributed by atoms with Crippen LogP contribution in [0, 0.1) is 22.5 Å². The van der Waals surface area contributed by atoms with Crippen LogP contribution in [0.25, 0.3) is 20.8 Å². The molecule has 3 heterocycles. The fourth-order valence-electron chi connectivity index (χ4n) is 6.08. The van der Waals surface area contributed by atoms with Crippen LogP contribution in [0.2, 0.25) is 0 Å². The monoisotopic (exact) mass is 729 g/mol. The summed E-state index contributed by atoms with van der Waals surface area (Å²) in [5.41, 5.74) is 6.18. The minimum atomic E-state index is -1.30. The number of primary amides is 1. The fraction of sp³-hybridized carbons (Fsp3) is 0.289. The molecule has 2 aromatic carbocycles. The number of carbonyl (C=O) groups is 3. The third kappa shape index (κ3) is 7.87. The van der Waals surface area contributed by atoms with Crippen molar-refractivity contribution in [3.05, 3.63) is 96.3 Å². The summed E-state index contributed by atoms with van der Waals surface area (Å²) >= 11 is 1.37. The van der Waals surface area contributed by atoms with E-state index in [-0.39, 0.29) is 29.4 Å². The standard InChI is InChI=1S/C38H37F2N5O6S/c1-37(2,3)32(30(20-49-4)51-36(41)48)26-7-5-6-25(45-26)31-19-27-33(52-31)29(14-17-42-27)50-28-13-12-23(18-24(28)40)44-35(47)38(15-16-38)34(46)43-22-10-8-21(39)9-11-22/h5-14,17-19,30,32H,15-16,20H2,1-4H3,(H2,41,48)(H,43,46)(H,44,47). The number of fused-ring (bicyclic) bond motifs is 1. The summed E-state index contributed by atoms with van der Waals surface area (Å²) in [5, 5.41) is 5.29. The summed E-state index contributed by atoms with van der Waals surface area (Å²) in [7, 11) is 1.52. The lowest BCUT2D eigenvalue weighted by atomic mass is 9.75. The first-order valence-electron chi connectivity index (χ1n) is 16.4. The van der Waals surface area contributed by atoms with E-state index in [4.69, 9.17) is 24.9 Å². The van der Waals surface area contributed by atoms with Crippen LogP contribution in [0.15, 0.2) is 79.0 Å². The molecule has 270 valence electrons. The zero-order chi connectivity index (χ0) is 37.2. The summed E-state index contributed by atoms with van der Waals surface area (Å²) in [6.45, 7) is 6.19. The van der Waals surface area contributed by atoms with E-state index in [1.807, 2.05) is 45.0 Å². The molecule has 2 atom stereocenters. The van der Waals surface area contributed by atoms with E-state index in [9.17, 15) is 18.8 Å². The molecular formula is C38H37F2N5O6S. The van der Waals surface area contributed by atoms with Crippen LogP contribution in [-0.4, -0.2) is 47.7 Å². The smallest absolute Gasteiger partial charge is 0.404 e. The van der Waals surface area contributed by atoms with Gasteiger partial charge < -0.3 is 30.6 Å². The molecule has 3 amide bonds. The van der Waals surface area contributed by atoms with Gasteiger partial charge in [-0.2, -0.15) is 0 Å². The molecule has 52 heavy (non-hydrogen) atoms. The number of nitrogens with zero attached hydrogens (tertiary/aromatic N) is 2. The van der Waals surface area contributed by atoms with Gasteiger partial charge in [0, 0.05) is 48.4 Å². The van der Waals surface area contributed by atoms with Crippen LogP contribution < -0.4 is 21.1 Å². The molecule has 0 radical (unpaired) electrons. The lowest BCUT2D eigenvalue weighted by molar-refractivity contribution is -0.131. The van der Waals surface area contributed by atoms with Gasteiger partial charge in [0.05, 0.1) is 27.4 Å². The summed E-state index contributed by atoms with van der Waals surface area (Å²) in [6.07, 6.45) is 0.632. The Bertz CT molecular complexity index is 2130. The number of carbonyl (C=O) groups excluding carboxylic acids is 3. The minimum absolute atomic E-state index is 0.0811. The van der Waals surface area contributed by atoms with Gasteiger partial charge in [-0.25, -0.2) is 13.6 Å². The number of methoxy groups -OCH3 is 1. The molecule has 0 spiro atoms. The number of ether oxygens (including phenoxy) is 3. The van der Waals surface area contributed by atoms with E-state index in [1.54, 1.807) is 12.3 Å². The van der Waals surface area contributed by atoms with E-state index in [0.717, 1.165) is 10.9 Å². The lowest BCUT2D eigenvalue weighted by Gasteiger charge is -2.35. The molecular weight excluding hydrogens is 693 g/mol. The summed E-state index contributed by atoms with van der Waals surface area (Å²) in [4.78, 5) is 48.0. The van der Waals surface area contributed by atoms with Crippen LogP contribution in [-0.2, 0) is 19.1 Å². The van der Waals surface area contributed by atoms with Gasteiger partial charge in [-0.15, -0.1) is 11.3 Å². The number of halogens is 2. The number of aromatic nitrogens is 2. The number of nitrogens with one attached hydrogen (secondary N) is 2. The quantitative estimate of drug-likeness (QED) is 0.109. The summed E-state index contributed by atoms with van der Waals surface area (Å²) in [6, 6.07) is 18.3. The Labute approximate surface area is 302 Å². The van der Waals surface area contributed by atoms with Crippen LogP contribution in [0.1, 0.15) is 45.2 Å². The van der Waals surface area contributed by atoms with Gasteiger partial charge in [-0.05, 0) is 72.9 Å². The van der Waals surface area contributed by atoms with Crippen LogP contribution in [0.3, 0.4) is 0 Å². The highest BCUT2D eigenvalue weighted by Crippen LogP contribution is 2.48. The second-order valence-electron chi connectivity index (χ2n) is 13.6. The van der Waals surface area contributed by atoms with Crippen molar-refractivity contribution in [2.75, 3.05) is 24.4 Å². The molecule has 1 saturated carbocycles. The predicted molar refractivity (Wildman–Crippen MR) is 193 cm³/mol. The summed E-state index contributed by atoms with van der Waals surface area (Å²) < 4.78 is 46.1. The fourth-order valence-corrected chi connectivity index (χ4v) is 7.12. The maximum atomic E-state index is 15.4. The SMILES string of the molecule is COCC(OC(N)=O)C(c1cccc(-c2cc3nccc(Oc4ccc(NC(=O)C5(C(=O)Nc6ccc(F)cc6)CC5)cc4F)c3s2)n1)C(C)(C)C. The van der Waals surface area contributed by atoms with Crippen molar-refractivity contribution in [3.63, 3.8) is 0 Å². The Morgan fingerprint density at radius 3 is 2.27 bits per heavy atom. The van der Waals surface area contributed by atoms with Crippen molar-refractivity contribution in [1.29, 1.82) is 0 Å². The maximum absolute atomic E-state index is 15.4. The Morgan fingerprint density at radius 1 is 0.942 bits per heavy atom. The van der Waals surface area contributed by atoms with Gasteiger partial charge in [0.15, 0.2) is 11.6 Å². The first-order valence-corrected chi connectivity index (χ1v) is 17.3. The molecule has 5 aromatic rings. The molecule has 14 heteroatoms. The van der Waals surface area contributed by atoms with E-state index >= 15 is 4.39 Å². The van der Waals surface area contributed by atoms with Crippen LogP contribution in [0.4, 0.5) is 25.0 Å². The number of hydrogen-bond donors (Lipinski definition) is 3. The largest absolute Gasteiger partial charge is 0.453 e. The van der Waals surface area contributed by atoms with Crippen molar-refractivity contribution in [2.24, 2.45) is 16.6 Å². The van der Waals surface area contributed by atoms with Crippen LogP contribution >= 0.6 is 11.3 Å². The van der Waals surface area contributed by atoms with Crippen molar-refractivity contribution in [2.45, 2.75) is 45.6 Å². The van der Waals surface area contributed by atoms with Crippen molar-refractivity contribution in [1.82, 2.24) is 9.97 Å². The van der Waals surface area contributed by atoms with Gasteiger partial charge in [-0.1, -0.05) is 26.8 Å². The van der Waals surface area contributed by atoms with Gasteiger partial charge in [0.2, 0.25) is 11.8 Å². The Hall–Kier alpha value is -5.47. The first-order chi connectivity index (χ1) is 24.8.